The minimum atomic E-state index is -1.01. The van der Waals surface area contributed by atoms with Gasteiger partial charge in [0.1, 0.15) is 18.3 Å². The second kappa shape index (κ2) is 5.17. The van der Waals surface area contributed by atoms with Crippen molar-refractivity contribution in [2.75, 3.05) is 19.7 Å². The first kappa shape index (κ1) is 15.8. The number of carbonyl (C=O) groups is 2. The molecule has 4 rings (SSSR count). The van der Waals surface area contributed by atoms with Gasteiger partial charge in [0.15, 0.2) is 5.60 Å². The largest absolute Gasteiger partial charge is 0.459 e. The molecule has 4 aliphatic heterocycles. The van der Waals surface area contributed by atoms with Crippen molar-refractivity contribution in [2.24, 2.45) is 0 Å². The number of fused-ring (bicyclic) bond motifs is 1. The topological polar surface area (TPSA) is 68.4 Å². The second-order valence-electron chi connectivity index (χ2n) is 7.38. The summed E-state index contributed by atoms with van der Waals surface area (Å²) in [5.41, 5.74) is -0.159. The maximum atomic E-state index is 12.6. The van der Waals surface area contributed by atoms with Gasteiger partial charge in [0, 0.05) is 25.1 Å². The van der Waals surface area contributed by atoms with Crippen LogP contribution in [0.15, 0.2) is 23.3 Å². The van der Waals surface area contributed by atoms with Gasteiger partial charge >= 0.3 is 11.9 Å². The molecule has 4 atom stereocenters. The lowest BCUT2D eigenvalue weighted by atomic mass is 9.89. The lowest BCUT2D eigenvalue weighted by Gasteiger charge is -2.25. The van der Waals surface area contributed by atoms with Crippen molar-refractivity contribution < 1.29 is 23.8 Å². The van der Waals surface area contributed by atoms with E-state index in [9.17, 15) is 9.59 Å². The number of ether oxygens (including phenoxy) is 3. The lowest BCUT2D eigenvalue weighted by molar-refractivity contribution is -0.150. The van der Waals surface area contributed by atoms with Gasteiger partial charge in [-0.25, -0.2) is 9.59 Å². The van der Waals surface area contributed by atoms with E-state index in [0.717, 1.165) is 25.1 Å². The average molecular weight is 333 g/mol. The fourth-order valence-corrected chi connectivity index (χ4v) is 4.17. The number of allylic oxidation sites excluding steroid dienone is 1. The summed E-state index contributed by atoms with van der Waals surface area (Å²) >= 11 is 0. The van der Waals surface area contributed by atoms with E-state index in [1.54, 1.807) is 13.0 Å². The first-order chi connectivity index (χ1) is 11.4. The molecule has 6 heteroatoms. The van der Waals surface area contributed by atoms with Crippen LogP contribution in [0, 0.1) is 0 Å². The number of rotatable bonds is 0. The van der Waals surface area contributed by atoms with Crippen LogP contribution < -0.4 is 0 Å². The zero-order valence-electron chi connectivity index (χ0n) is 14.3. The lowest BCUT2D eigenvalue weighted by Crippen LogP contribution is -2.39. The predicted molar refractivity (Wildman–Crippen MR) is 85.2 cm³/mol. The smallest absolute Gasteiger partial charge is 0.341 e. The van der Waals surface area contributed by atoms with E-state index >= 15 is 0 Å². The Hall–Kier alpha value is -1.66. The zero-order chi connectivity index (χ0) is 17.1. The molecule has 0 radical (unpaired) electrons. The average Bonchev–Trinajstić information content (AvgIpc) is 2.88. The summed E-state index contributed by atoms with van der Waals surface area (Å²) in [7, 11) is 0. The normalized spacial score (nSPS) is 44.0. The van der Waals surface area contributed by atoms with Crippen molar-refractivity contribution in [3.05, 3.63) is 23.3 Å². The number of hydrogen-bond donors (Lipinski definition) is 0. The van der Waals surface area contributed by atoms with Crippen molar-refractivity contribution >= 4 is 11.9 Å². The van der Waals surface area contributed by atoms with Crippen molar-refractivity contribution in [3.63, 3.8) is 0 Å². The molecule has 24 heavy (non-hydrogen) atoms. The molecular formula is C18H23NO5. The van der Waals surface area contributed by atoms with Gasteiger partial charge in [-0.05, 0) is 32.8 Å². The Morgan fingerprint density at radius 3 is 2.88 bits per heavy atom. The Bertz CT molecular complexity index is 668. The Morgan fingerprint density at radius 1 is 1.33 bits per heavy atom. The molecule has 0 saturated carbocycles. The van der Waals surface area contributed by atoms with Crippen LogP contribution in [0.25, 0.3) is 0 Å². The molecule has 0 aromatic heterocycles. The van der Waals surface area contributed by atoms with Gasteiger partial charge < -0.3 is 14.2 Å². The van der Waals surface area contributed by atoms with E-state index in [1.165, 1.54) is 0 Å². The molecule has 6 nitrogen and oxygen atoms in total. The van der Waals surface area contributed by atoms with E-state index < -0.39 is 11.2 Å². The molecule has 0 spiro atoms. The van der Waals surface area contributed by atoms with Gasteiger partial charge in [0.05, 0.1) is 6.04 Å². The van der Waals surface area contributed by atoms with Gasteiger partial charge in [-0.15, -0.1) is 0 Å². The third-order valence-corrected chi connectivity index (χ3v) is 5.97. The van der Waals surface area contributed by atoms with Gasteiger partial charge in [0.25, 0.3) is 0 Å². The van der Waals surface area contributed by atoms with E-state index in [4.69, 9.17) is 14.2 Å². The molecule has 0 amide bonds. The Labute approximate surface area is 141 Å². The van der Waals surface area contributed by atoms with Crippen LogP contribution in [0.5, 0.6) is 0 Å². The van der Waals surface area contributed by atoms with Crippen LogP contribution in [-0.2, 0) is 23.8 Å². The van der Waals surface area contributed by atoms with Gasteiger partial charge in [-0.3, -0.25) is 4.90 Å². The number of hydrogen-bond acceptors (Lipinski definition) is 6. The third-order valence-electron chi connectivity index (χ3n) is 5.97. The third kappa shape index (κ3) is 2.16. The summed E-state index contributed by atoms with van der Waals surface area (Å²) in [6.07, 6.45) is 4.81. The van der Waals surface area contributed by atoms with E-state index in [0.29, 0.717) is 12.0 Å². The second-order valence-corrected chi connectivity index (χ2v) is 7.38. The highest BCUT2D eigenvalue weighted by Gasteiger charge is 2.70. The number of nitrogens with zero attached hydrogens (tertiary/aromatic N) is 1. The SMILES string of the molecule is C/C=C1/CC2(C)O[C@@]2(C)C(=O)OCC2=CCN3CC[C@@H](OC1=O)[C@@H]23. The summed E-state index contributed by atoms with van der Waals surface area (Å²) in [6.45, 7) is 7.32. The van der Waals surface area contributed by atoms with Gasteiger partial charge in [-0.2, -0.15) is 0 Å². The quantitative estimate of drug-likeness (QED) is 0.288. The molecule has 4 aliphatic rings. The van der Waals surface area contributed by atoms with Crippen LogP contribution in [0.4, 0.5) is 0 Å². The summed E-state index contributed by atoms with van der Waals surface area (Å²) in [5, 5.41) is 0. The van der Waals surface area contributed by atoms with Crippen molar-refractivity contribution in [3.8, 4) is 0 Å². The summed E-state index contributed by atoms with van der Waals surface area (Å²) in [6, 6.07) is 0.0265. The fourth-order valence-electron chi connectivity index (χ4n) is 4.17. The van der Waals surface area contributed by atoms with E-state index in [2.05, 4.69) is 11.0 Å². The first-order valence-electron chi connectivity index (χ1n) is 8.54. The Morgan fingerprint density at radius 2 is 2.12 bits per heavy atom. The maximum Gasteiger partial charge on any atom is 0.341 e. The molecular weight excluding hydrogens is 310 g/mol. The Kier molecular flexibility index (Phi) is 3.41. The molecule has 0 bridgehead atoms. The summed E-state index contributed by atoms with van der Waals surface area (Å²) in [4.78, 5) is 27.4. The molecule has 1 unspecified atom stereocenters. The number of cyclic esters (lactones) is 1. The summed E-state index contributed by atoms with van der Waals surface area (Å²) < 4.78 is 17.1. The minimum absolute atomic E-state index is 0.0265. The van der Waals surface area contributed by atoms with Crippen molar-refractivity contribution in [2.45, 2.75) is 57.0 Å². The van der Waals surface area contributed by atoms with Crippen molar-refractivity contribution in [1.29, 1.82) is 0 Å². The van der Waals surface area contributed by atoms with Crippen LogP contribution in [0.1, 0.15) is 33.6 Å². The molecule has 130 valence electrons. The van der Waals surface area contributed by atoms with E-state index in [1.807, 2.05) is 13.8 Å². The van der Waals surface area contributed by atoms with E-state index in [-0.39, 0.29) is 30.7 Å². The highest BCUT2D eigenvalue weighted by atomic mass is 16.7. The first-order valence-corrected chi connectivity index (χ1v) is 8.54. The highest BCUT2D eigenvalue weighted by molar-refractivity contribution is 5.90. The van der Waals surface area contributed by atoms with Gasteiger partial charge in [-0.1, -0.05) is 12.2 Å². The van der Waals surface area contributed by atoms with Crippen LogP contribution >= 0.6 is 0 Å². The maximum absolute atomic E-state index is 12.6. The fraction of sp³-hybridized carbons (Fsp3) is 0.667. The Balaban J connectivity index is 1.66. The summed E-state index contributed by atoms with van der Waals surface area (Å²) in [5.74, 6) is -0.660. The van der Waals surface area contributed by atoms with Crippen molar-refractivity contribution in [1.82, 2.24) is 4.90 Å². The zero-order valence-corrected chi connectivity index (χ0v) is 14.3. The molecule has 0 aliphatic carbocycles. The van der Waals surface area contributed by atoms with Crippen LogP contribution in [0.3, 0.4) is 0 Å². The highest BCUT2D eigenvalue weighted by Crippen LogP contribution is 2.52. The monoisotopic (exact) mass is 333 g/mol. The number of carbonyl (C=O) groups excluding carboxylic acids is 2. The number of epoxide rings is 1. The molecule has 4 heterocycles. The van der Waals surface area contributed by atoms with Crippen LogP contribution in [-0.4, -0.2) is 59.9 Å². The molecule has 3 fully saturated rings. The predicted octanol–water partition coefficient (Wildman–Crippen LogP) is 1.35. The number of esters is 2. The molecule has 0 aromatic rings. The molecule has 3 saturated heterocycles. The standard InChI is InChI=1S/C18H23NO5/c1-4-11-9-17(2)18(3,24-17)16(21)22-10-12-5-7-19-8-6-13(14(12)19)23-15(11)20/h4-5,13-14H,6-10H2,1-3H3/b11-4-/t13-,14-,17?,18+/m1/s1. The minimum Gasteiger partial charge on any atom is -0.459 e. The van der Waals surface area contributed by atoms with Crippen LogP contribution in [0.2, 0.25) is 0 Å². The van der Waals surface area contributed by atoms with Gasteiger partial charge in [0.2, 0.25) is 0 Å². The molecule has 0 aromatic carbocycles. The molecule has 0 N–H and O–H groups in total.